The van der Waals surface area contributed by atoms with Crippen LogP contribution in [0.25, 0.3) is 11.3 Å². The highest BCUT2D eigenvalue weighted by Crippen LogP contribution is 2.31. The van der Waals surface area contributed by atoms with Crippen LogP contribution >= 0.6 is 12.2 Å². The number of hydrogen-bond acceptors (Lipinski definition) is 4. The Morgan fingerprint density at radius 2 is 1.84 bits per heavy atom. The molecule has 19 heavy (non-hydrogen) atoms. The number of nitrogens with zero attached hydrogens (tertiary/aromatic N) is 1. The largest absolute Gasteiger partial charge is 0.493 e. The van der Waals surface area contributed by atoms with Gasteiger partial charge in [0, 0.05) is 12.6 Å². The smallest absolute Gasteiger partial charge is 0.326 e. The Balaban J connectivity index is 2.60. The number of ether oxygens (including phenoxy) is 2. The van der Waals surface area contributed by atoms with Crippen molar-refractivity contribution in [2.24, 2.45) is 7.05 Å². The summed E-state index contributed by atoms with van der Waals surface area (Å²) in [5.74, 6) is 1.23. The van der Waals surface area contributed by atoms with E-state index in [1.807, 2.05) is 6.07 Å². The summed E-state index contributed by atoms with van der Waals surface area (Å²) in [4.78, 5) is 14.5. The minimum atomic E-state index is -0.253. The molecule has 0 fully saturated rings. The summed E-state index contributed by atoms with van der Waals surface area (Å²) in [6.07, 6.45) is 0. The third-order valence-corrected chi connectivity index (χ3v) is 3.23. The molecule has 5 nitrogen and oxygen atoms in total. The second-order valence-corrected chi connectivity index (χ2v) is 4.37. The highest BCUT2D eigenvalue weighted by atomic mass is 32.1. The van der Waals surface area contributed by atoms with E-state index >= 15 is 0 Å². The zero-order valence-electron chi connectivity index (χ0n) is 10.9. The fourth-order valence-corrected chi connectivity index (χ4v) is 1.92. The Morgan fingerprint density at radius 1 is 1.16 bits per heavy atom. The molecule has 2 rings (SSSR count). The summed E-state index contributed by atoms with van der Waals surface area (Å²) < 4.78 is 12.2. The van der Waals surface area contributed by atoms with E-state index in [2.05, 4.69) is 4.98 Å². The van der Waals surface area contributed by atoms with Gasteiger partial charge in [-0.2, -0.15) is 0 Å². The summed E-state index contributed by atoms with van der Waals surface area (Å²) >= 11 is 5.13. The van der Waals surface area contributed by atoms with Crippen LogP contribution in [0.4, 0.5) is 0 Å². The van der Waals surface area contributed by atoms with Crippen molar-refractivity contribution in [3.8, 4) is 22.8 Å². The average Bonchev–Trinajstić information content (AvgIpc) is 2.43. The molecule has 0 amide bonds. The molecule has 2 aromatic rings. The van der Waals surface area contributed by atoms with Crippen molar-refractivity contribution in [3.05, 3.63) is 39.4 Å². The van der Waals surface area contributed by atoms with Gasteiger partial charge in [0.05, 0.1) is 19.9 Å². The van der Waals surface area contributed by atoms with Crippen LogP contribution in [0.3, 0.4) is 0 Å². The third-order valence-electron chi connectivity index (χ3n) is 2.84. The molecule has 1 aromatic carbocycles. The average molecular weight is 278 g/mol. The zero-order valence-corrected chi connectivity index (χ0v) is 11.7. The molecule has 0 radical (unpaired) electrons. The maximum Gasteiger partial charge on any atom is 0.326 e. The molecule has 0 saturated heterocycles. The van der Waals surface area contributed by atoms with E-state index in [-0.39, 0.29) is 5.69 Å². The third kappa shape index (κ3) is 2.53. The highest BCUT2D eigenvalue weighted by molar-refractivity contribution is 7.71. The molecule has 0 aliphatic heterocycles. The van der Waals surface area contributed by atoms with Crippen molar-refractivity contribution in [1.29, 1.82) is 0 Å². The van der Waals surface area contributed by atoms with Gasteiger partial charge in [-0.15, -0.1) is 0 Å². The van der Waals surface area contributed by atoms with Crippen LogP contribution < -0.4 is 15.2 Å². The van der Waals surface area contributed by atoms with Crippen LogP contribution in [-0.2, 0) is 7.05 Å². The van der Waals surface area contributed by atoms with Crippen LogP contribution in [0.2, 0.25) is 0 Å². The van der Waals surface area contributed by atoms with Gasteiger partial charge in [0.1, 0.15) is 4.64 Å². The fourth-order valence-electron chi connectivity index (χ4n) is 1.71. The fraction of sp³-hybridized carbons (Fsp3) is 0.231. The SMILES string of the molecule is COc1ccc(-c2cc(=S)n(C)c(=O)[nH]2)cc1OC. The minimum absolute atomic E-state index is 0.253. The van der Waals surface area contributed by atoms with E-state index in [0.29, 0.717) is 21.8 Å². The van der Waals surface area contributed by atoms with Crippen molar-refractivity contribution >= 4 is 12.2 Å². The molecular formula is C13H14N2O3S. The summed E-state index contributed by atoms with van der Waals surface area (Å²) in [5.41, 5.74) is 1.20. The van der Waals surface area contributed by atoms with Crippen molar-refractivity contribution in [2.45, 2.75) is 0 Å². The molecular weight excluding hydrogens is 264 g/mol. The molecule has 1 N–H and O–H groups in total. The molecule has 0 saturated carbocycles. The molecule has 6 heteroatoms. The standard InChI is InChI=1S/C13H14N2O3S/c1-15-12(19)7-9(14-13(15)16)8-4-5-10(17-2)11(6-8)18-3/h4-7H,1-3H3,(H,14,16). The number of nitrogens with one attached hydrogen (secondary N) is 1. The van der Waals surface area contributed by atoms with Crippen LogP contribution in [0.15, 0.2) is 29.1 Å². The van der Waals surface area contributed by atoms with Gasteiger partial charge in [-0.05, 0) is 24.3 Å². The monoisotopic (exact) mass is 278 g/mol. The number of hydrogen-bond donors (Lipinski definition) is 1. The first-order valence-corrected chi connectivity index (χ1v) is 6.00. The maximum atomic E-state index is 11.7. The zero-order chi connectivity index (χ0) is 14.0. The first-order chi connectivity index (χ1) is 9.06. The van der Waals surface area contributed by atoms with E-state index in [4.69, 9.17) is 21.7 Å². The Morgan fingerprint density at radius 3 is 2.42 bits per heavy atom. The van der Waals surface area contributed by atoms with Gasteiger partial charge < -0.3 is 14.5 Å². The number of H-pyrrole nitrogens is 1. The topological polar surface area (TPSA) is 56.2 Å². The number of methoxy groups -OCH3 is 2. The lowest BCUT2D eigenvalue weighted by Crippen LogP contribution is -2.20. The van der Waals surface area contributed by atoms with E-state index in [9.17, 15) is 4.79 Å². The Hall–Kier alpha value is -2.08. The predicted octanol–water partition coefficient (Wildman–Crippen LogP) is 2.13. The molecule has 0 atom stereocenters. The van der Waals surface area contributed by atoms with Gasteiger partial charge in [-0.1, -0.05) is 12.2 Å². The van der Waals surface area contributed by atoms with Gasteiger partial charge in [-0.25, -0.2) is 4.79 Å². The molecule has 0 spiro atoms. The van der Waals surface area contributed by atoms with E-state index in [0.717, 1.165) is 5.56 Å². The molecule has 1 aromatic heterocycles. The Labute approximate surface area is 115 Å². The maximum absolute atomic E-state index is 11.7. The quantitative estimate of drug-likeness (QED) is 0.874. The summed E-state index contributed by atoms with van der Waals surface area (Å²) in [6.45, 7) is 0. The summed E-state index contributed by atoms with van der Waals surface area (Å²) in [5, 5.41) is 0. The summed E-state index contributed by atoms with van der Waals surface area (Å²) in [7, 11) is 4.76. The van der Waals surface area contributed by atoms with Crippen LogP contribution in [0.5, 0.6) is 11.5 Å². The van der Waals surface area contributed by atoms with Crippen molar-refractivity contribution < 1.29 is 9.47 Å². The minimum Gasteiger partial charge on any atom is -0.493 e. The van der Waals surface area contributed by atoms with Crippen LogP contribution in [0, 0.1) is 4.64 Å². The van der Waals surface area contributed by atoms with Gasteiger partial charge >= 0.3 is 5.69 Å². The normalized spacial score (nSPS) is 10.3. The number of aromatic nitrogens is 2. The number of rotatable bonds is 3. The van der Waals surface area contributed by atoms with E-state index < -0.39 is 0 Å². The molecule has 0 unspecified atom stereocenters. The molecule has 100 valence electrons. The van der Waals surface area contributed by atoms with Gasteiger partial charge in [0.15, 0.2) is 11.5 Å². The lowest BCUT2D eigenvalue weighted by Gasteiger charge is -2.10. The lowest BCUT2D eigenvalue weighted by molar-refractivity contribution is 0.355. The van der Waals surface area contributed by atoms with Crippen molar-refractivity contribution in [2.75, 3.05) is 14.2 Å². The van der Waals surface area contributed by atoms with Crippen LogP contribution in [-0.4, -0.2) is 23.8 Å². The van der Waals surface area contributed by atoms with Crippen molar-refractivity contribution in [1.82, 2.24) is 9.55 Å². The summed E-state index contributed by atoms with van der Waals surface area (Å²) in [6, 6.07) is 7.14. The lowest BCUT2D eigenvalue weighted by atomic mass is 10.1. The molecule has 0 aliphatic rings. The Kier molecular flexibility index (Phi) is 3.71. The van der Waals surface area contributed by atoms with Gasteiger partial charge in [0.2, 0.25) is 0 Å². The van der Waals surface area contributed by atoms with Crippen LogP contribution in [0.1, 0.15) is 0 Å². The van der Waals surface area contributed by atoms with Gasteiger partial charge in [-0.3, -0.25) is 4.57 Å². The van der Waals surface area contributed by atoms with Crippen molar-refractivity contribution in [3.63, 3.8) is 0 Å². The number of aromatic amines is 1. The first kappa shape index (κ1) is 13.4. The predicted molar refractivity (Wildman–Crippen MR) is 75.4 cm³/mol. The first-order valence-electron chi connectivity index (χ1n) is 5.59. The molecule has 0 aliphatic carbocycles. The van der Waals surface area contributed by atoms with E-state index in [1.54, 1.807) is 39.5 Å². The second kappa shape index (κ2) is 5.27. The van der Waals surface area contributed by atoms with E-state index in [1.165, 1.54) is 4.57 Å². The van der Waals surface area contributed by atoms with Gasteiger partial charge in [0.25, 0.3) is 0 Å². The number of benzene rings is 1. The highest BCUT2D eigenvalue weighted by Gasteiger charge is 2.07. The molecule has 0 bridgehead atoms. The molecule has 1 heterocycles. The Bertz CT molecular complexity index is 687. The second-order valence-electron chi connectivity index (χ2n) is 3.96.